The Morgan fingerprint density at radius 1 is 1.23 bits per heavy atom. The summed E-state index contributed by atoms with van der Waals surface area (Å²) in [7, 11) is 0. The Morgan fingerprint density at radius 2 is 1.90 bits per heavy atom. The number of amides is 3. The van der Waals surface area contributed by atoms with Gasteiger partial charge in [0.15, 0.2) is 0 Å². The summed E-state index contributed by atoms with van der Waals surface area (Å²) in [4.78, 5) is 37.6. The lowest BCUT2D eigenvalue weighted by Gasteiger charge is -2.59. The Balaban J connectivity index is 1.38. The minimum absolute atomic E-state index is 0.117. The van der Waals surface area contributed by atoms with Crippen LogP contribution in [0, 0.1) is 11.2 Å². The molecule has 1 N–H and O–H groups in total. The van der Waals surface area contributed by atoms with Crippen molar-refractivity contribution in [1.29, 1.82) is 0 Å². The van der Waals surface area contributed by atoms with Crippen LogP contribution in [-0.2, 0) is 19.7 Å². The number of benzene rings is 1. The fraction of sp³-hybridized carbons (Fsp3) is 0.609. The van der Waals surface area contributed by atoms with Crippen LogP contribution in [0.3, 0.4) is 0 Å². The summed E-state index contributed by atoms with van der Waals surface area (Å²) in [6, 6.07) is 5.13. The van der Waals surface area contributed by atoms with Crippen LogP contribution in [0.15, 0.2) is 18.2 Å². The number of nitrogens with one attached hydrogen (secondary N) is 1. The van der Waals surface area contributed by atoms with Gasteiger partial charge in [0, 0.05) is 30.5 Å². The molecule has 7 heteroatoms. The minimum Gasteiger partial charge on any atom is -0.444 e. The van der Waals surface area contributed by atoms with Gasteiger partial charge in [-0.2, -0.15) is 0 Å². The van der Waals surface area contributed by atoms with E-state index in [4.69, 9.17) is 4.74 Å². The highest BCUT2D eigenvalue weighted by molar-refractivity contribution is 6.03. The summed E-state index contributed by atoms with van der Waals surface area (Å²) < 4.78 is 20.4. The lowest BCUT2D eigenvalue weighted by atomic mass is 9.56. The van der Waals surface area contributed by atoms with Gasteiger partial charge in [-0.05, 0) is 64.5 Å². The van der Waals surface area contributed by atoms with Crippen LogP contribution in [0.2, 0.25) is 0 Å². The molecule has 6 nitrogen and oxygen atoms in total. The predicted molar refractivity (Wildman–Crippen MR) is 108 cm³/mol. The van der Waals surface area contributed by atoms with Crippen molar-refractivity contribution in [3.8, 4) is 0 Å². The van der Waals surface area contributed by atoms with E-state index in [0.29, 0.717) is 25.1 Å². The van der Waals surface area contributed by atoms with Crippen molar-refractivity contribution in [3.05, 3.63) is 35.1 Å². The number of imide groups is 1. The Kier molecular flexibility index (Phi) is 4.71. The third-order valence-electron chi connectivity index (χ3n) is 6.73. The van der Waals surface area contributed by atoms with E-state index in [1.54, 1.807) is 17.9 Å². The molecular weight excluding hydrogens is 387 g/mol. The number of nitrogens with zero attached hydrogens (tertiary/aromatic N) is 1. The molecule has 1 aromatic carbocycles. The zero-order valence-electron chi connectivity index (χ0n) is 18.0. The molecule has 2 saturated heterocycles. The molecule has 1 saturated carbocycles. The molecule has 30 heavy (non-hydrogen) atoms. The second-order valence-electron chi connectivity index (χ2n) is 10.4. The molecule has 1 atom stereocenters. The van der Waals surface area contributed by atoms with E-state index >= 15 is 0 Å². The zero-order chi connectivity index (χ0) is 21.9. The molecule has 1 unspecified atom stereocenters. The third kappa shape index (κ3) is 3.59. The fourth-order valence-corrected chi connectivity index (χ4v) is 4.99. The van der Waals surface area contributed by atoms with Crippen molar-refractivity contribution in [1.82, 2.24) is 10.2 Å². The van der Waals surface area contributed by atoms with Crippen molar-refractivity contribution < 1.29 is 23.5 Å². The van der Waals surface area contributed by atoms with E-state index in [9.17, 15) is 18.8 Å². The Hall–Kier alpha value is -2.44. The molecule has 2 heterocycles. The molecule has 0 aromatic heterocycles. The van der Waals surface area contributed by atoms with Gasteiger partial charge in [0.05, 0.1) is 5.41 Å². The lowest BCUT2D eigenvalue weighted by Crippen LogP contribution is -2.63. The topological polar surface area (TPSA) is 75.7 Å². The van der Waals surface area contributed by atoms with Crippen molar-refractivity contribution in [2.75, 3.05) is 13.1 Å². The molecule has 1 spiro atoms. The largest absolute Gasteiger partial charge is 0.444 e. The average Bonchev–Trinajstić information content (AvgIpc) is 2.54. The smallest absolute Gasteiger partial charge is 0.410 e. The third-order valence-corrected chi connectivity index (χ3v) is 6.73. The van der Waals surface area contributed by atoms with Gasteiger partial charge in [-0.3, -0.25) is 14.9 Å². The quantitative estimate of drug-likeness (QED) is 0.747. The molecule has 0 radical (unpaired) electrons. The number of likely N-dealkylation sites (tertiary alicyclic amines) is 1. The van der Waals surface area contributed by atoms with Gasteiger partial charge in [0.1, 0.15) is 11.4 Å². The molecule has 3 aliphatic rings. The average molecular weight is 416 g/mol. The number of ether oxygens (including phenoxy) is 1. The standard InChI is InChI=1S/C23H29FN2O4/c1-21(2,3)30-20(29)26-12-23(13-26)10-15(11-23)14-5-6-16(17(24)9-14)22(4)8-7-18(27)25-19(22)28/h5-6,9,15H,7-8,10-13H2,1-4H3,(H,25,27,28). The molecule has 2 aliphatic heterocycles. The van der Waals surface area contributed by atoms with E-state index in [0.717, 1.165) is 18.4 Å². The number of rotatable bonds is 2. The highest BCUT2D eigenvalue weighted by Crippen LogP contribution is 2.56. The first-order valence-electron chi connectivity index (χ1n) is 10.5. The second kappa shape index (κ2) is 6.79. The fourth-order valence-electron chi connectivity index (χ4n) is 4.99. The second-order valence-corrected chi connectivity index (χ2v) is 10.4. The van der Waals surface area contributed by atoms with E-state index in [1.165, 1.54) is 6.07 Å². The number of halogens is 1. The van der Waals surface area contributed by atoms with Gasteiger partial charge in [-0.1, -0.05) is 12.1 Å². The molecule has 1 aliphatic carbocycles. The number of hydrogen-bond acceptors (Lipinski definition) is 4. The summed E-state index contributed by atoms with van der Waals surface area (Å²) in [5.74, 6) is -0.895. The number of piperidine rings is 1. The first kappa shape index (κ1) is 20.8. The first-order chi connectivity index (χ1) is 13.9. The summed E-state index contributed by atoms with van der Waals surface area (Å²) >= 11 is 0. The maximum absolute atomic E-state index is 15.0. The maximum Gasteiger partial charge on any atom is 0.410 e. The Morgan fingerprint density at radius 3 is 2.47 bits per heavy atom. The van der Waals surface area contributed by atoms with Gasteiger partial charge in [0.2, 0.25) is 11.8 Å². The number of carbonyl (C=O) groups excluding carboxylic acids is 3. The van der Waals surface area contributed by atoms with Crippen molar-refractivity contribution in [3.63, 3.8) is 0 Å². The highest BCUT2D eigenvalue weighted by Gasteiger charge is 2.54. The van der Waals surface area contributed by atoms with Crippen LogP contribution < -0.4 is 5.32 Å². The number of hydrogen-bond donors (Lipinski definition) is 1. The molecule has 162 valence electrons. The molecule has 0 bridgehead atoms. The normalized spacial score (nSPS) is 26.1. The monoisotopic (exact) mass is 416 g/mol. The van der Waals surface area contributed by atoms with Crippen LogP contribution in [0.25, 0.3) is 0 Å². The summed E-state index contributed by atoms with van der Waals surface area (Å²) in [6.07, 6.45) is 2.07. The van der Waals surface area contributed by atoms with Crippen molar-refractivity contribution in [2.24, 2.45) is 5.41 Å². The lowest BCUT2D eigenvalue weighted by molar-refractivity contribution is -0.137. The molecule has 3 fully saturated rings. The van der Waals surface area contributed by atoms with E-state index in [1.807, 2.05) is 26.8 Å². The van der Waals surface area contributed by atoms with Gasteiger partial charge in [-0.25, -0.2) is 9.18 Å². The minimum atomic E-state index is -1.03. The molecular formula is C23H29FN2O4. The zero-order valence-corrected chi connectivity index (χ0v) is 18.0. The van der Waals surface area contributed by atoms with Gasteiger partial charge in [-0.15, -0.1) is 0 Å². The molecule has 1 aromatic rings. The van der Waals surface area contributed by atoms with Crippen LogP contribution in [0.4, 0.5) is 9.18 Å². The Bertz CT molecular complexity index is 908. The van der Waals surface area contributed by atoms with E-state index in [-0.39, 0.29) is 29.8 Å². The van der Waals surface area contributed by atoms with Crippen LogP contribution in [0.1, 0.15) is 70.4 Å². The van der Waals surface area contributed by atoms with Crippen molar-refractivity contribution in [2.45, 2.75) is 70.3 Å². The summed E-state index contributed by atoms with van der Waals surface area (Å²) in [6.45, 7) is 8.62. The summed E-state index contributed by atoms with van der Waals surface area (Å²) in [5.41, 5.74) is -0.148. The molecule has 4 rings (SSSR count). The van der Waals surface area contributed by atoms with Gasteiger partial charge < -0.3 is 9.64 Å². The van der Waals surface area contributed by atoms with Crippen LogP contribution in [0.5, 0.6) is 0 Å². The highest BCUT2D eigenvalue weighted by atomic mass is 19.1. The maximum atomic E-state index is 15.0. The van der Waals surface area contributed by atoms with Crippen LogP contribution in [-0.4, -0.2) is 41.5 Å². The van der Waals surface area contributed by atoms with E-state index < -0.39 is 22.7 Å². The predicted octanol–water partition coefficient (Wildman–Crippen LogP) is 3.63. The SMILES string of the molecule is CC(C)(C)OC(=O)N1CC2(CC(c3ccc(C4(C)CCC(=O)NC4=O)c(F)c3)C2)C1. The van der Waals surface area contributed by atoms with Gasteiger partial charge in [0.25, 0.3) is 0 Å². The van der Waals surface area contributed by atoms with Gasteiger partial charge >= 0.3 is 6.09 Å². The van der Waals surface area contributed by atoms with Crippen LogP contribution >= 0.6 is 0 Å². The molecule has 3 amide bonds. The Labute approximate surface area is 176 Å². The summed E-state index contributed by atoms with van der Waals surface area (Å²) in [5, 5.41) is 2.32. The number of carbonyl (C=O) groups is 3. The van der Waals surface area contributed by atoms with E-state index in [2.05, 4.69) is 5.32 Å². The first-order valence-corrected chi connectivity index (χ1v) is 10.5. The van der Waals surface area contributed by atoms with Crippen molar-refractivity contribution >= 4 is 17.9 Å².